The van der Waals surface area contributed by atoms with Gasteiger partial charge in [-0.3, -0.25) is 4.99 Å². The van der Waals surface area contributed by atoms with E-state index in [9.17, 15) is 0 Å². The molecule has 1 saturated carbocycles. The summed E-state index contributed by atoms with van der Waals surface area (Å²) in [5.41, 5.74) is 0.398. The monoisotopic (exact) mass is 352 g/mol. The minimum Gasteiger partial charge on any atom is -0.382 e. The van der Waals surface area contributed by atoms with Crippen LogP contribution in [0.5, 0.6) is 0 Å². The smallest absolute Gasteiger partial charge is 0.191 e. The molecule has 1 heterocycles. The van der Waals surface area contributed by atoms with Gasteiger partial charge in [-0.05, 0) is 56.9 Å². The van der Waals surface area contributed by atoms with Crippen LogP contribution in [0.4, 0.5) is 0 Å². The molecule has 1 atom stereocenters. The Morgan fingerprint density at radius 1 is 1.24 bits per heavy atom. The molecule has 1 unspecified atom stereocenters. The number of guanidine groups is 1. The van der Waals surface area contributed by atoms with Crippen LogP contribution in [0.15, 0.2) is 4.99 Å². The lowest BCUT2D eigenvalue weighted by Gasteiger charge is -2.32. The molecule has 2 fully saturated rings. The van der Waals surface area contributed by atoms with E-state index in [1.165, 1.54) is 51.6 Å². The maximum atomic E-state index is 5.62. The molecule has 1 aliphatic heterocycles. The number of likely N-dealkylation sites (tertiary alicyclic amines) is 1. The third-order valence-corrected chi connectivity index (χ3v) is 5.96. The normalized spacial score (nSPS) is 24.4. The van der Waals surface area contributed by atoms with Crippen LogP contribution in [-0.2, 0) is 4.74 Å². The molecule has 0 aromatic carbocycles. The number of piperidine rings is 1. The van der Waals surface area contributed by atoms with Crippen LogP contribution in [0.3, 0.4) is 0 Å². The van der Waals surface area contributed by atoms with E-state index in [0.717, 1.165) is 51.1 Å². The first-order valence-corrected chi connectivity index (χ1v) is 10.4. The number of rotatable bonds is 9. The lowest BCUT2D eigenvalue weighted by Crippen LogP contribution is -2.46. The van der Waals surface area contributed by atoms with Crippen LogP contribution >= 0.6 is 0 Å². The van der Waals surface area contributed by atoms with E-state index in [-0.39, 0.29) is 0 Å². The van der Waals surface area contributed by atoms with Crippen molar-refractivity contribution in [2.24, 2.45) is 16.3 Å². The highest BCUT2D eigenvalue weighted by atomic mass is 16.5. The molecule has 0 bridgehead atoms. The van der Waals surface area contributed by atoms with Gasteiger partial charge in [-0.2, -0.15) is 0 Å². The molecule has 0 aromatic rings. The predicted molar refractivity (Wildman–Crippen MR) is 106 cm³/mol. The van der Waals surface area contributed by atoms with Gasteiger partial charge in [0.2, 0.25) is 0 Å². The zero-order valence-electron chi connectivity index (χ0n) is 16.8. The van der Waals surface area contributed by atoms with E-state index in [1.54, 1.807) is 0 Å². The number of nitrogens with one attached hydrogen (secondary N) is 2. The van der Waals surface area contributed by atoms with Crippen molar-refractivity contribution in [2.75, 3.05) is 53.0 Å². The summed E-state index contributed by atoms with van der Waals surface area (Å²) < 4.78 is 5.62. The second kappa shape index (κ2) is 11.0. The molecule has 25 heavy (non-hydrogen) atoms. The fraction of sp³-hybridized carbons (Fsp3) is 0.950. The summed E-state index contributed by atoms with van der Waals surface area (Å²) in [6.07, 6.45) is 9.23. The number of nitrogens with zero attached hydrogens (tertiary/aromatic N) is 2. The van der Waals surface area contributed by atoms with Crippen molar-refractivity contribution in [2.45, 2.75) is 58.8 Å². The van der Waals surface area contributed by atoms with Gasteiger partial charge < -0.3 is 20.3 Å². The summed E-state index contributed by atoms with van der Waals surface area (Å²) >= 11 is 0. The van der Waals surface area contributed by atoms with Crippen molar-refractivity contribution < 1.29 is 4.74 Å². The second-order valence-electron chi connectivity index (χ2n) is 8.05. The molecule has 2 aliphatic rings. The Bertz CT molecular complexity index is 393. The van der Waals surface area contributed by atoms with Crippen LogP contribution in [0.2, 0.25) is 0 Å². The summed E-state index contributed by atoms with van der Waals surface area (Å²) in [5.74, 6) is 1.80. The number of hydrogen-bond donors (Lipinski definition) is 2. The van der Waals surface area contributed by atoms with Gasteiger partial charge in [0.05, 0.1) is 0 Å². The molecule has 146 valence electrons. The molecule has 5 nitrogen and oxygen atoms in total. The fourth-order valence-electron chi connectivity index (χ4n) is 4.39. The van der Waals surface area contributed by atoms with Gasteiger partial charge in [-0.15, -0.1) is 0 Å². The summed E-state index contributed by atoms with van der Waals surface area (Å²) in [7, 11) is 1.87. The Morgan fingerprint density at radius 2 is 2.04 bits per heavy atom. The van der Waals surface area contributed by atoms with Crippen LogP contribution < -0.4 is 10.6 Å². The molecule has 5 heteroatoms. The van der Waals surface area contributed by atoms with Crippen LogP contribution in [0.1, 0.15) is 58.8 Å². The Kier molecular flexibility index (Phi) is 9.04. The largest absolute Gasteiger partial charge is 0.382 e. The first-order chi connectivity index (χ1) is 12.2. The SMILES string of the molecule is CCOCCC1(CNC(=NC)NCCN2CCCC(C)C2)CCCC1. The molecule has 0 amide bonds. The third-order valence-electron chi connectivity index (χ3n) is 5.96. The van der Waals surface area contributed by atoms with Gasteiger partial charge in [0.25, 0.3) is 0 Å². The zero-order chi connectivity index (χ0) is 18.0. The molecule has 2 rings (SSSR count). The number of ether oxygens (including phenoxy) is 1. The molecule has 1 aliphatic carbocycles. The minimum absolute atomic E-state index is 0.398. The Hall–Kier alpha value is -0.810. The van der Waals surface area contributed by atoms with E-state index in [4.69, 9.17) is 4.74 Å². The van der Waals surface area contributed by atoms with Crippen molar-refractivity contribution in [1.82, 2.24) is 15.5 Å². The Morgan fingerprint density at radius 3 is 2.72 bits per heavy atom. The van der Waals surface area contributed by atoms with Crippen LogP contribution in [0.25, 0.3) is 0 Å². The van der Waals surface area contributed by atoms with Crippen LogP contribution in [-0.4, -0.2) is 63.8 Å². The van der Waals surface area contributed by atoms with Gasteiger partial charge in [0.1, 0.15) is 0 Å². The standard InChI is InChI=1S/C20H40N4O/c1-4-25-15-11-20(9-5-6-10-20)17-23-19(21-3)22-12-14-24-13-7-8-18(2)16-24/h18H,4-17H2,1-3H3,(H2,21,22,23). The molecule has 0 radical (unpaired) electrons. The minimum atomic E-state index is 0.398. The maximum absolute atomic E-state index is 5.62. The molecule has 0 aromatic heterocycles. The molecule has 1 saturated heterocycles. The second-order valence-corrected chi connectivity index (χ2v) is 8.05. The van der Waals surface area contributed by atoms with Gasteiger partial charge in [-0.1, -0.05) is 19.8 Å². The van der Waals surface area contributed by atoms with Crippen LogP contribution in [0, 0.1) is 11.3 Å². The Labute approximate surface area is 155 Å². The predicted octanol–water partition coefficient (Wildman–Crippen LogP) is 2.87. The number of aliphatic imine (C=N–C) groups is 1. The first kappa shape index (κ1) is 20.5. The maximum Gasteiger partial charge on any atom is 0.191 e. The van der Waals surface area contributed by atoms with E-state index in [0.29, 0.717) is 5.41 Å². The van der Waals surface area contributed by atoms with Crippen molar-refractivity contribution in [3.63, 3.8) is 0 Å². The highest BCUT2D eigenvalue weighted by Gasteiger charge is 2.33. The average molecular weight is 353 g/mol. The van der Waals surface area contributed by atoms with E-state index in [2.05, 4.69) is 34.4 Å². The fourth-order valence-corrected chi connectivity index (χ4v) is 4.39. The topological polar surface area (TPSA) is 48.9 Å². The first-order valence-electron chi connectivity index (χ1n) is 10.4. The van der Waals surface area contributed by atoms with E-state index < -0.39 is 0 Å². The summed E-state index contributed by atoms with van der Waals surface area (Å²) in [6.45, 7) is 11.7. The molecule has 0 spiro atoms. The van der Waals surface area contributed by atoms with E-state index >= 15 is 0 Å². The van der Waals surface area contributed by atoms with Crippen molar-refractivity contribution >= 4 is 5.96 Å². The lowest BCUT2D eigenvalue weighted by molar-refractivity contribution is 0.105. The zero-order valence-corrected chi connectivity index (χ0v) is 16.8. The van der Waals surface area contributed by atoms with E-state index in [1.807, 2.05) is 7.05 Å². The number of hydrogen-bond acceptors (Lipinski definition) is 3. The van der Waals surface area contributed by atoms with Gasteiger partial charge in [0, 0.05) is 46.4 Å². The summed E-state index contributed by atoms with van der Waals surface area (Å²) in [4.78, 5) is 7.00. The summed E-state index contributed by atoms with van der Waals surface area (Å²) in [5, 5.41) is 7.10. The average Bonchev–Trinajstić information content (AvgIpc) is 3.07. The van der Waals surface area contributed by atoms with Crippen molar-refractivity contribution in [1.29, 1.82) is 0 Å². The summed E-state index contributed by atoms with van der Waals surface area (Å²) in [6, 6.07) is 0. The lowest BCUT2D eigenvalue weighted by atomic mass is 9.83. The molecular weight excluding hydrogens is 312 g/mol. The van der Waals surface area contributed by atoms with Crippen molar-refractivity contribution in [3.05, 3.63) is 0 Å². The highest BCUT2D eigenvalue weighted by Crippen LogP contribution is 2.40. The third kappa shape index (κ3) is 7.14. The highest BCUT2D eigenvalue weighted by molar-refractivity contribution is 5.79. The van der Waals surface area contributed by atoms with Crippen molar-refractivity contribution in [3.8, 4) is 0 Å². The van der Waals surface area contributed by atoms with Gasteiger partial charge in [0.15, 0.2) is 5.96 Å². The van der Waals surface area contributed by atoms with Gasteiger partial charge in [-0.25, -0.2) is 0 Å². The molecular formula is C20H40N4O. The van der Waals surface area contributed by atoms with Gasteiger partial charge >= 0.3 is 0 Å². The molecule has 2 N–H and O–H groups in total. The quantitative estimate of drug-likeness (QED) is 0.381. The Balaban J connectivity index is 1.69.